The van der Waals surface area contributed by atoms with E-state index >= 15 is 4.39 Å². The van der Waals surface area contributed by atoms with Gasteiger partial charge in [0.1, 0.15) is 28.5 Å². The largest absolute Gasteiger partial charge is 0.457 e. The summed E-state index contributed by atoms with van der Waals surface area (Å²) in [5, 5.41) is 0. The van der Waals surface area contributed by atoms with Gasteiger partial charge in [0.25, 0.3) is 0 Å². The van der Waals surface area contributed by atoms with Crippen molar-refractivity contribution in [3.05, 3.63) is 107 Å². The Morgan fingerprint density at radius 2 is 1.23 bits per heavy atom. The topological polar surface area (TPSA) is 61.3 Å². The van der Waals surface area contributed by atoms with Gasteiger partial charge < -0.3 is 13.6 Å². The molecule has 0 radical (unpaired) electrons. The average molecular weight is 550 g/mol. The maximum atomic E-state index is 15.1. The molecule has 0 aliphatic carbocycles. The molecule has 1 unspecified atom stereocenters. The third-order valence-corrected chi connectivity index (χ3v) is 6.39. The summed E-state index contributed by atoms with van der Waals surface area (Å²) in [6, 6.07) is 17.7. The molecule has 0 N–H and O–H groups in total. The first-order chi connectivity index (χ1) is 19.0. The molecule has 6 rings (SSSR count). The smallest absolute Gasteiger partial charge is 0.399 e. The maximum absolute atomic E-state index is 15.1. The first-order valence-corrected chi connectivity index (χ1v) is 12.1. The van der Waals surface area contributed by atoms with Crippen LogP contribution in [0.4, 0.5) is 22.0 Å². The number of alkyl halides is 3. The van der Waals surface area contributed by atoms with Gasteiger partial charge in [-0.15, -0.1) is 0 Å². The summed E-state index contributed by atoms with van der Waals surface area (Å²) in [5.74, 6) is -3.07. The van der Waals surface area contributed by atoms with E-state index in [4.69, 9.17) is 13.6 Å². The molecule has 5 nitrogen and oxygen atoms in total. The first-order valence-electron chi connectivity index (χ1n) is 12.1. The minimum atomic E-state index is -4.88. The first kappa shape index (κ1) is 25.5. The number of aromatic nitrogens is 2. The molecule has 2 aromatic heterocycles. The summed E-state index contributed by atoms with van der Waals surface area (Å²) < 4.78 is 89.1. The van der Waals surface area contributed by atoms with Gasteiger partial charge in [-0.2, -0.15) is 13.2 Å². The molecule has 202 valence electrons. The fourth-order valence-corrected chi connectivity index (χ4v) is 4.57. The van der Waals surface area contributed by atoms with Crippen molar-refractivity contribution in [3.8, 4) is 23.0 Å². The van der Waals surface area contributed by atoms with E-state index in [0.717, 1.165) is 29.8 Å². The van der Waals surface area contributed by atoms with Gasteiger partial charge in [-0.3, -0.25) is 0 Å². The minimum Gasteiger partial charge on any atom is -0.457 e. The van der Waals surface area contributed by atoms with Crippen molar-refractivity contribution in [2.45, 2.75) is 25.9 Å². The van der Waals surface area contributed by atoms with E-state index in [1.807, 2.05) is 31.2 Å². The Kier molecular flexibility index (Phi) is 6.05. The molecule has 0 aliphatic rings. The Bertz CT molecular complexity index is 1860. The lowest BCUT2D eigenvalue weighted by Crippen LogP contribution is -2.22. The molecular formula is C30H19F5N2O3. The molecule has 0 aliphatic heterocycles. The summed E-state index contributed by atoms with van der Waals surface area (Å²) in [4.78, 5) is 8.19. The van der Waals surface area contributed by atoms with Crippen LogP contribution in [0.25, 0.3) is 33.7 Å². The van der Waals surface area contributed by atoms with Crippen molar-refractivity contribution in [2.75, 3.05) is 0 Å². The highest BCUT2D eigenvalue weighted by Crippen LogP contribution is 2.43. The average Bonchev–Trinajstić information content (AvgIpc) is 3.49. The molecule has 4 aromatic carbocycles. The Hall–Kier alpha value is -4.73. The van der Waals surface area contributed by atoms with Crippen LogP contribution in [0.1, 0.15) is 28.5 Å². The molecule has 0 saturated heterocycles. The lowest BCUT2D eigenvalue weighted by atomic mass is 9.90. The van der Waals surface area contributed by atoms with Crippen molar-refractivity contribution in [1.82, 2.24) is 9.97 Å². The second kappa shape index (κ2) is 9.48. The summed E-state index contributed by atoms with van der Waals surface area (Å²) in [6.07, 6.45) is -4.88. The Morgan fingerprint density at radius 1 is 0.700 bits per heavy atom. The third-order valence-electron chi connectivity index (χ3n) is 6.39. The lowest BCUT2D eigenvalue weighted by Gasteiger charge is -2.21. The summed E-state index contributed by atoms with van der Waals surface area (Å²) in [5.41, 5.74) is -0.0762. The number of nitrogens with zero attached hydrogens (tertiary/aromatic N) is 2. The van der Waals surface area contributed by atoms with Crippen LogP contribution < -0.4 is 4.74 Å². The molecule has 1 atom stereocenters. The molecule has 40 heavy (non-hydrogen) atoms. The van der Waals surface area contributed by atoms with Crippen LogP contribution >= 0.6 is 0 Å². The van der Waals surface area contributed by atoms with E-state index in [9.17, 15) is 17.6 Å². The van der Waals surface area contributed by atoms with E-state index in [2.05, 4.69) is 9.97 Å². The normalized spacial score (nSPS) is 12.8. The fraction of sp³-hybridized carbons (Fsp3) is 0.133. The Labute approximate surface area is 223 Å². The number of hydrogen-bond donors (Lipinski definition) is 0. The molecule has 10 heteroatoms. The quantitative estimate of drug-likeness (QED) is 0.201. The van der Waals surface area contributed by atoms with Crippen molar-refractivity contribution in [3.63, 3.8) is 0 Å². The minimum absolute atomic E-state index is 0.0158. The second-order valence-electron chi connectivity index (χ2n) is 9.37. The number of ether oxygens (including phenoxy) is 1. The highest BCUT2D eigenvalue weighted by Gasteiger charge is 2.43. The Balaban J connectivity index is 1.35. The van der Waals surface area contributed by atoms with Crippen molar-refractivity contribution in [2.24, 2.45) is 0 Å². The highest BCUT2D eigenvalue weighted by atomic mass is 19.4. The van der Waals surface area contributed by atoms with E-state index < -0.39 is 34.9 Å². The summed E-state index contributed by atoms with van der Waals surface area (Å²) in [6.45, 7) is 3.42. The SMILES string of the molecule is Cc1ccc(Oc2ccc(-c3nc4cc(C(c5cc(F)c6oc(C)nc6c5)C(F)(F)F)cc(F)c4o3)cc2)cc1. The van der Waals surface area contributed by atoms with Crippen LogP contribution in [0.15, 0.2) is 81.6 Å². The molecule has 0 amide bonds. The molecule has 2 heterocycles. The number of halogens is 5. The number of rotatable bonds is 5. The predicted octanol–water partition coefficient (Wildman–Crippen LogP) is 9.02. The third kappa shape index (κ3) is 4.76. The van der Waals surface area contributed by atoms with Gasteiger partial charge in [-0.05, 0) is 78.7 Å². The molecule has 0 fully saturated rings. The molecule has 0 bridgehead atoms. The molecular weight excluding hydrogens is 531 g/mol. The standard InChI is InChI=1S/C30H19F5N2O3/c1-15-3-7-20(8-4-15)39-21-9-5-17(6-10-21)29-37-25-14-19(12-23(32)28(25)40-29)26(30(33,34)35)18-11-22(31)27-24(13-18)36-16(2)38-27/h3-14,26H,1-2H3. The molecule has 0 saturated carbocycles. The Morgan fingerprint density at radius 3 is 1.80 bits per heavy atom. The van der Waals surface area contributed by atoms with Crippen LogP contribution in [0.2, 0.25) is 0 Å². The van der Waals surface area contributed by atoms with Crippen molar-refractivity contribution >= 4 is 22.2 Å². The van der Waals surface area contributed by atoms with Crippen LogP contribution in [-0.4, -0.2) is 16.1 Å². The number of aryl methyl sites for hydroxylation is 2. The lowest BCUT2D eigenvalue weighted by molar-refractivity contribution is -0.141. The second-order valence-corrected chi connectivity index (χ2v) is 9.37. The number of fused-ring (bicyclic) bond motifs is 2. The van der Waals surface area contributed by atoms with Crippen molar-refractivity contribution < 1.29 is 35.5 Å². The van der Waals surface area contributed by atoms with Gasteiger partial charge in [0, 0.05) is 12.5 Å². The van der Waals surface area contributed by atoms with Gasteiger partial charge in [0.15, 0.2) is 28.7 Å². The van der Waals surface area contributed by atoms with Gasteiger partial charge in [-0.25, -0.2) is 18.7 Å². The van der Waals surface area contributed by atoms with E-state index in [1.165, 1.54) is 6.92 Å². The van der Waals surface area contributed by atoms with Crippen LogP contribution in [0.3, 0.4) is 0 Å². The number of oxazole rings is 2. The zero-order chi connectivity index (χ0) is 28.2. The predicted molar refractivity (Wildman–Crippen MR) is 137 cm³/mol. The van der Waals surface area contributed by atoms with Crippen LogP contribution in [0, 0.1) is 25.5 Å². The van der Waals surface area contributed by atoms with Crippen LogP contribution in [0.5, 0.6) is 11.5 Å². The van der Waals surface area contributed by atoms with Crippen LogP contribution in [-0.2, 0) is 0 Å². The van der Waals surface area contributed by atoms with Gasteiger partial charge in [-0.1, -0.05) is 17.7 Å². The zero-order valence-corrected chi connectivity index (χ0v) is 21.0. The number of hydrogen-bond acceptors (Lipinski definition) is 5. The van der Waals surface area contributed by atoms with E-state index in [0.29, 0.717) is 17.1 Å². The van der Waals surface area contributed by atoms with Gasteiger partial charge >= 0.3 is 6.18 Å². The van der Waals surface area contributed by atoms with E-state index in [-0.39, 0.29) is 34.0 Å². The van der Waals surface area contributed by atoms with Gasteiger partial charge in [0.05, 0.1) is 0 Å². The zero-order valence-electron chi connectivity index (χ0n) is 21.0. The number of benzene rings is 4. The fourth-order valence-electron chi connectivity index (χ4n) is 4.57. The van der Waals surface area contributed by atoms with Crippen molar-refractivity contribution in [1.29, 1.82) is 0 Å². The van der Waals surface area contributed by atoms with E-state index in [1.54, 1.807) is 24.3 Å². The highest BCUT2D eigenvalue weighted by molar-refractivity contribution is 5.79. The molecule has 0 spiro atoms. The molecule has 6 aromatic rings. The monoisotopic (exact) mass is 550 g/mol. The maximum Gasteiger partial charge on any atom is 0.399 e. The summed E-state index contributed by atoms with van der Waals surface area (Å²) in [7, 11) is 0. The van der Waals surface area contributed by atoms with Gasteiger partial charge in [0.2, 0.25) is 5.89 Å². The summed E-state index contributed by atoms with van der Waals surface area (Å²) >= 11 is 0.